The summed E-state index contributed by atoms with van der Waals surface area (Å²) in [6.07, 6.45) is 0.162. The molecule has 0 amide bonds. The van der Waals surface area contributed by atoms with Crippen LogP contribution in [0.15, 0.2) is 24.3 Å². The summed E-state index contributed by atoms with van der Waals surface area (Å²) in [5.74, 6) is 0.863. The number of para-hydroxylation sites is 1. The molecule has 0 bridgehead atoms. The average molecular weight is 244 g/mol. The molecular formula is C15H20N2O. The maximum atomic E-state index is 5.80. The van der Waals surface area contributed by atoms with Gasteiger partial charge in [-0.2, -0.15) is 0 Å². The van der Waals surface area contributed by atoms with Gasteiger partial charge >= 0.3 is 0 Å². The number of benzene rings is 1. The van der Waals surface area contributed by atoms with Crippen molar-refractivity contribution in [2.45, 2.75) is 33.4 Å². The van der Waals surface area contributed by atoms with E-state index in [4.69, 9.17) is 4.74 Å². The molecule has 0 saturated carbocycles. The second kappa shape index (κ2) is 5.36. The Morgan fingerprint density at radius 2 is 2.11 bits per heavy atom. The highest BCUT2D eigenvalue weighted by atomic mass is 16.5. The Kier molecular flexibility index (Phi) is 3.82. The van der Waals surface area contributed by atoms with E-state index in [1.807, 2.05) is 40.0 Å². The average Bonchev–Trinajstić information content (AvgIpc) is 2.31. The number of hydrogen-bond acceptors (Lipinski definition) is 3. The van der Waals surface area contributed by atoms with Crippen LogP contribution in [0.2, 0.25) is 0 Å². The lowest BCUT2D eigenvalue weighted by molar-refractivity contribution is 0.245. The fourth-order valence-corrected chi connectivity index (χ4v) is 2.03. The van der Waals surface area contributed by atoms with Gasteiger partial charge in [-0.15, -0.1) is 0 Å². The number of fused-ring (bicyclic) bond motifs is 1. The highest BCUT2D eigenvalue weighted by molar-refractivity contribution is 5.85. The van der Waals surface area contributed by atoms with Crippen LogP contribution in [0.5, 0.6) is 5.75 Å². The highest BCUT2D eigenvalue weighted by Gasteiger charge is 2.08. The van der Waals surface area contributed by atoms with Crippen molar-refractivity contribution in [3.8, 4) is 5.75 Å². The van der Waals surface area contributed by atoms with Gasteiger partial charge in [0.05, 0.1) is 6.10 Å². The van der Waals surface area contributed by atoms with Gasteiger partial charge < -0.3 is 10.1 Å². The Bertz CT molecular complexity index is 549. The second-order valence-electron chi connectivity index (χ2n) is 4.76. The Morgan fingerprint density at radius 3 is 2.78 bits per heavy atom. The van der Waals surface area contributed by atoms with Crippen molar-refractivity contribution in [1.29, 1.82) is 0 Å². The van der Waals surface area contributed by atoms with Crippen molar-refractivity contribution >= 4 is 10.9 Å². The molecule has 3 nitrogen and oxygen atoms in total. The predicted molar refractivity (Wildman–Crippen MR) is 75.0 cm³/mol. The molecule has 0 aliphatic rings. The standard InChI is InChI=1S/C15H20N2O/c1-10(2)18-14-7-5-6-12-8-13(9-16-4)11(3)17-15(12)14/h5-8,10,16H,9H2,1-4H3. The van der Waals surface area contributed by atoms with E-state index in [2.05, 4.69) is 22.4 Å². The van der Waals surface area contributed by atoms with Crippen LogP contribution in [0.3, 0.4) is 0 Å². The zero-order valence-corrected chi connectivity index (χ0v) is 11.4. The number of nitrogens with zero attached hydrogens (tertiary/aromatic N) is 1. The van der Waals surface area contributed by atoms with E-state index < -0.39 is 0 Å². The van der Waals surface area contributed by atoms with E-state index >= 15 is 0 Å². The van der Waals surface area contributed by atoms with Gasteiger partial charge in [0.1, 0.15) is 11.3 Å². The summed E-state index contributed by atoms with van der Waals surface area (Å²) < 4.78 is 5.80. The molecule has 2 rings (SSSR count). The number of aromatic nitrogens is 1. The minimum atomic E-state index is 0.162. The first-order valence-electron chi connectivity index (χ1n) is 6.32. The Balaban J connectivity index is 2.53. The van der Waals surface area contributed by atoms with E-state index in [-0.39, 0.29) is 6.10 Å². The molecule has 1 aromatic carbocycles. The Morgan fingerprint density at radius 1 is 1.33 bits per heavy atom. The van der Waals surface area contributed by atoms with E-state index in [0.717, 1.165) is 28.9 Å². The largest absolute Gasteiger partial charge is 0.489 e. The maximum absolute atomic E-state index is 5.80. The number of nitrogens with one attached hydrogen (secondary N) is 1. The minimum absolute atomic E-state index is 0.162. The number of pyridine rings is 1. The lowest BCUT2D eigenvalue weighted by atomic mass is 10.1. The van der Waals surface area contributed by atoms with Gasteiger partial charge in [0.2, 0.25) is 0 Å². The number of ether oxygens (including phenoxy) is 1. The first-order valence-corrected chi connectivity index (χ1v) is 6.32. The highest BCUT2D eigenvalue weighted by Crippen LogP contribution is 2.26. The van der Waals surface area contributed by atoms with Gasteiger partial charge in [0.25, 0.3) is 0 Å². The quantitative estimate of drug-likeness (QED) is 0.897. The van der Waals surface area contributed by atoms with Gasteiger partial charge in [-0.1, -0.05) is 12.1 Å². The van der Waals surface area contributed by atoms with Crippen LogP contribution >= 0.6 is 0 Å². The van der Waals surface area contributed by atoms with Crippen LogP contribution in [-0.4, -0.2) is 18.1 Å². The molecule has 0 fully saturated rings. The van der Waals surface area contributed by atoms with Crippen molar-refractivity contribution in [1.82, 2.24) is 10.3 Å². The summed E-state index contributed by atoms with van der Waals surface area (Å²) in [7, 11) is 1.95. The Hall–Kier alpha value is -1.61. The molecule has 0 unspecified atom stereocenters. The molecule has 0 aliphatic heterocycles. The SMILES string of the molecule is CNCc1cc2cccc(OC(C)C)c2nc1C. The van der Waals surface area contributed by atoms with Crippen molar-refractivity contribution in [3.63, 3.8) is 0 Å². The Labute approximate surface area is 108 Å². The van der Waals surface area contributed by atoms with Crippen molar-refractivity contribution in [2.24, 2.45) is 0 Å². The van der Waals surface area contributed by atoms with Crippen LogP contribution in [0, 0.1) is 6.92 Å². The van der Waals surface area contributed by atoms with Gasteiger partial charge in [0.15, 0.2) is 0 Å². The van der Waals surface area contributed by atoms with Gasteiger partial charge in [0, 0.05) is 17.6 Å². The third-order valence-electron chi connectivity index (χ3n) is 2.83. The van der Waals surface area contributed by atoms with Gasteiger partial charge in [-0.3, -0.25) is 0 Å². The molecule has 1 heterocycles. The molecule has 1 aromatic heterocycles. The fourth-order valence-electron chi connectivity index (χ4n) is 2.03. The summed E-state index contributed by atoms with van der Waals surface area (Å²) in [5.41, 5.74) is 3.23. The van der Waals surface area contributed by atoms with Gasteiger partial charge in [-0.05, 0) is 45.5 Å². The van der Waals surface area contributed by atoms with E-state index in [9.17, 15) is 0 Å². The lowest BCUT2D eigenvalue weighted by Crippen LogP contribution is -2.09. The summed E-state index contributed by atoms with van der Waals surface area (Å²) in [4.78, 5) is 4.68. The van der Waals surface area contributed by atoms with Crippen LogP contribution in [0.1, 0.15) is 25.1 Å². The number of hydrogen-bond donors (Lipinski definition) is 1. The molecule has 96 valence electrons. The van der Waals surface area contributed by atoms with Crippen LogP contribution in [0.4, 0.5) is 0 Å². The van der Waals surface area contributed by atoms with E-state index in [0.29, 0.717) is 0 Å². The smallest absolute Gasteiger partial charge is 0.145 e. The van der Waals surface area contributed by atoms with Crippen LogP contribution in [0.25, 0.3) is 10.9 Å². The predicted octanol–water partition coefficient (Wildman–Crippen LogP) is 3.05. The minimum Gasteiger partial charge on any atom is -0.489 e. The normalized spacial score (nSPS) is 11.2. The second-order valence-corrected chi connectivity index (χ2v) is 4.76. The molecule has 0 radical (unpaired) electrons. The van der Waals surface area contributed by atoms with Crippen molar-refractivity contribution in [2.75, 3.05) is 7.05 Å². The topological polar surface area (TPSA) is 34.1 Å². The van der Waals surface area contributed by atoms with E-state index in [1.165, 1.54) is 5.56 Å². The molecule has 0 atom stereocenters. The molecule has 0 saturated heterocycles. The molecule has 3 heteroatoms. The van der Waals surface area contributed by atoms with Crippen LogP contribution in [-0.2, 0) is 6.54 Å². The fraction of sp³-hybridized carbons (Fsp3) is 0.400. The third-order valence-corrected chi connectivity index (χ3v) is 2.83. The number of aryl methyl sites for hydroxylation is 1. The lowest BCUT2D eigenvalue weighted by Gasteiger charge is -2.13. The summed E-state index contributed by atoms with van der Waals surface area (Å²) in [6.45, 7) is 6.93. The molecule has 0 aliphatic carbocycles. The van der Waals surface area contributed by atoms with Crippen LogP contribution < -0.4 is 10.1 Å². The molecule has 18 heavy (non-hydrogen) atoms. The summed E-state index contributed by atoms with van der Waals surface area (Å²) in [5, 5.41) is 4.29. The third kappa shape index (κ3) is 2.62. The monoisotopic (exact) mass is 244 g/mol. The number of rotatable bonds is 4. The van der Waals surface area contributed by atoms with Gasteiger partial charge in [-0.25, -0.2) is 4.98 Å². The molecule has 1 N–H and O–H groups in total. The molecular weight excluding hydrogens is 224 g/mol. The van der Waals surface area contributed by atoms with Crippen molar-refractivity contribution < 1.29 is 4.74 Å². The first kappa shape index (κ1) is 12.8. The zero-order chi connectivity index (χ0) is 13.1. The first-order chi connectivity index (χ1) is 8.61. The zero-order valence-electron chi connectivity index (χ0n) is 11.4. The molecule has 2 aromatic rings. The van der Waals surface area contributed by atoms with E-state index in [1.54, 1.807) is 0 Å². The van der Waals surface area contributed by atoms with Crippen molar-refractivity contribution in [3.05, 3.63) is 35.5 Å². The summed E-state index contributed by atoms with van der Waals surface area (Å²) in [6, 6.07) is 8.25. The molecule has 0 spiro atoms. The maximum Gasteiger partial charge on any atom is 0.145 e. The summed E-state index contributed by atoms with van der Waals surface area (Å²) >= 11 is 0.